The van der Waals surface area contributed by atoms with Crippen molar-refractivity contribution in [1.82, 2.24) is 0 Å². The van der Waals surface area contributed by atoms with Gasteiger partial charge in [0.05, 0.1) is 0 Å². The normalized spacial score (nSPS) is 14.5. The molecule has 0 aliphatic heterocycles. The van der Waals surface area contributed by atoms with Crippen molar-refractivity contribution >= 4 is 5.78 Å². The van der Waals surface area contributed by atoms with Gasteiger partial charge in [-0.3, -0.25) is 4.79 Å². The Kier molecular flexibility index (Phi) is 5.40. The van der Waals surface area contributed by atoms with Crippen LogP contribution in [0.1, 0.15) is 60.8 Å². The van der Waals surface area contributed by atoms with Crippen LogP contribution in [0.4, 0.5) is 0 Å². The highest BCUT2D eigenvalue weighted by Gasteiger charge is 2.24. The molecule has 0 heterocycles. The number of ketones is 1. The molecule has 1 atom stereocenters. The van der Waals surface area contributed by atoms with E-state index in [4.69, 9.17) is 0 Å². The minimum atomic E-state index is 0.252. The Labute approximate surface area is 89.3 Å². The Morgan fingerprint density at radius 3 is 1.86 bits per heavy atom. The van der Waals surface area contributed by atoms with Crippen LogP contribution in [0.3, 0.4) is 0 Å². The smallest absolute Gasteiger partial charge is 0.136 e. The molecular weight excluding hydrogens is 172 g/mol. The summed E-state index contributed by atoms with van der Waals surface area (Å²) in [5.41, 5.74) is 0.252. The van der Waals surface area contributed by atoms with Crippen molar-refractivity contribution in [2.24, 2.45) is 17.3 Å². The minimum Gasteiger partial charge on any atom is -0.299 e. The molecule has 0 radical (unpaired) electrons. The van der Waals surface area contributed by atoms with Crippen LogP contribution < -0.4 is 0 Å². The Balaban J connectivity index is 4.18. The first-order chi connectivity index (χ1) is 6.32. The van der Waals surface area contributed by atoms with Crippen LogP contribution in [0, 0.1) is 17.3 Å². The van der Waals surface area contributed by atoms with Crippen molar-refractivity contribution in [2.75, 3.05) is 0 Å². The molecule has 0 rings (SSSR count). The number of rotatable bonds is 5. The molecule has 0 aliphatic carbocycles. The summed E-state index contributed by atoms with van der Waals surface area (Å²) in [7, 11) is 0. The van der Waals surface area contributed by atoms with Gasteiger partial charge in [-0.2, -0.15) is 0 Å². The third kappa shape index (κ3) is 4.26. The predicted molar refractivity (Wildman–Crippen MR) is 62.3 cm³/mol. The maximum Gasteiger partial charge on any atom is 0.136 e. The first kappa shape index (κ1) is 13.7. The third-order valence-electron chi connectivity index (χ3n) is 3.43. The highest BCUT2D eigenvalue weighted by Crippen LogP contribution is 2.29. The fraction of sp³-hybridized carbons (Fsp3) is 0.923. The van der Waals surface area contributed by atoms with Gasteiger partial charge in [-0.15, -0.1) is 0 Å². The molecule has 0 aromatic rings. The van der Waals surface area contributed by atoms with E-state index in [1.165, 1.54) is 0 Å². The lowest BCUT2D eigenvalue weighted by Gasteiger charge is -2.27. The van der Waals surface area contributed by atoms with Crippen molar-refractivity contribution in [2.45, 2.75) is 60.8 Å². The molecule has 1 nitrogen and oxygen atoms in total. The molecule has 0 saturated heterocycles. The summed E-state index contributed by atoms with van der Waals surface area (Å²) >= 11 is 0. The monoisotopic (exact) mass is 198 g/mol. The van der Waals surface area contributed by atoms with E-state index in [1.807, 2.05) is 0 Å². The second-order valence-corrected chi connectivity index (χ2v) is 5.45. The van der Waals surface area contributed by atoms with E-state index in [2.05, 4.69) is 41.5 Å². The number of carbonyl (C=O) groups excluding carboxylic acids is 1. The van der Waals surface area contributed by atoms with E-state index in [9.17, 15) is 4.79 Å². The maximum atomic E-state index is 11.9. The van der Waals surface area contributed by atoms with Crippen LogP contribution in [0.25, 0.3) is 0 Å². The number of hydrogen-bond acceptors (Lipinski definition) is 1. The van der Waals surface area contributed by atoms with Gasteiger partial charge in [0.25, 0.3) is 0 Å². The van der Waals surface area contributed by atoms with Gasteiger partial charge in [0.2, 0.25) is 0 Å². The molecular formula is C13H26O. The van der Waals surface area contributed by atoms with Crippen molar-refractivity contribution in [1.29, 1.82) is 0 Å². The summed E-state index contributed by atoms with van der Waals surface area (Å²) in [6, 6.07) is 0. The SMILES string of the molecule is CCC(CC)C(=O)CC(C)C(C)(C)C. The lowest BCUT2D eigenvalue weighted by molar-refractivity contribution is -0.124. The zero-order chi connectivity index (χ0) is 11.4. The first-order valence-electron chi connectivity index (χ1n) is 5.85. The Hall–Kier alpha value is -0.330. The summed E-state index contributed by atoms with van der Waals surface area (Å²) in [5, 5.41) is 0. The molecule has 0 bridgehead atoms. The van der Waals surface area contributed by atoms with E-state index in [-0.39, 0.29) is 5.41 Å². The Morgan fingerprint density at radius 2 is 1.57 bits per heavy atom. The van der Waals surface area contributed by atoms with Gasteiger partial charge >= 0.3 is 0 Å². The summed E-state index contributed by atoms with van der Waals surface area (Å²) in [6.07, 6.45) is 2.73. The van der Waals surface area contributed by atoms with E-state index in [0.29, 0.717) is 17.6 Å². The second kappa shape index (κ2) is 5.53. The van der Waals surface area contributed by atoms with Crippen LogP contribution in [0.2, 0.25) is 0 Å². The molecule has 0 fully saturated rings. The lowest BCUT2D eigenvalue weighted by atomic mass is 9.77. The van der Waals surface area contributed by atoms with Crippen molar-refractivity contribution in [3.05, 3.63) is 0 Å². The van der Waals surface area contributed by atoms with Crippen molar-refractivity contribution in [3.8, 4) is 0 Å². The quantitative estimate of drug-likeness (QED) is 0.651. The van der Waals surface area contributed by atoms with E-state index >= 15 is 0 Å². The maximum absolute atomic E-state index is 11.9. The van der Waals surface area contributed by atoms with Gasteiger partial charge in [0.15, 0.2) is 0 Å². The topological polar surface area (TPSA) is 17.1 Å². The van der Waals surface area contributed by atoms with Crippen LogP contribution in [-0.2, 0) is 4.79 Å². The van der Waals surface area contributed by atoms with E-state index in [0.717, 1.165) is 19.3 Å². The molecule has 0 amide bonds. The van der Waals surface area contributed by atoms with Gasteiger partial charge in [-0.1, -0.05) is 41.5 Å². The molecule has 0 N–H and O–H groups in total. The Bertz CT molecular complexity index is 172. The molecule has 0 aliphatic rings. The molecule has 14 heavy (non-hydrogen) atoms. The molecule has 0 saturated carbocycles. The van der Waals surface area contributed by atoms with Crippen LogP contribution in [-0.4, -0.2) is 5.78 Å². The number of hydrogen-bond donors (Lipinski definition) is 0. The molecule has 1 unspecified atom stereocenters. The first-order valence-corrected chi connectivity index (χ1v) is 5.85. The summed E-state index contributed by atoms with van der Waals surface area (Å²) in [5.74, 6) is 1.23. The standard InChI is InChI=1S/C13H26O/c1-7-11(8-2)12(14)9-10(3)13(4,5)6/h10-11H,7-9H2,1-6H3. The van der Waals surface area contributed by atoms with Gasteiger partial charge < -0.3 is 0 Å². The summed E-state index contributed by atoms with van der Waals surface area (Å²) < 4.78 is 0. The fourth-order valence-corrected chi connectivity index (χ4v) is 1.52. The fourth-order valence-electron chi connectivity index (χ4n) is 1.52. The van der Waals surface area contributed by atoms with Gasteiger partial charge in [-0.25, -0.2) is 0 Å². The van der Waals surface area contributed by atoms with E-state index < -0.39 is 0 Å². The molecule has 0 aromatic carbocycles. The zero-order valence-electron chi connectivity index (χ0n) is 10.7. The van der Waals surface area contributed by atoms with Crippen LogP contribution in [0.5, 0.6) is 0 Å². The van der Waals surface area contributed by atoms with Crippen LogP contribution >= 0.6 is 0 Å². The molecule has 1 heteroatoms. The predicted octanol–water partition coefficient (Wildman–Crippen LogP) is 4.06. The van der Waals surface area contributed by atoms with Gasteiger partial charge in [-0.05, 0) is 24.2 Å². The number of Topliss-reactive ketones (excluding diaryl/α,β-unsaturated/α-hetero) is 1. The van der Waals surface area contributed by atoms with Gasteiger partial charge in [0.1, 0.15) is 5.78 Å². The highest BCUT2D eigenvalue weighted by atomic mass is 16.1. The zero-order valence-corrected chi connectivity index (χ0v) is 10.7. The second-order valence-electron chi connectivity index (χ2n) is 5.45. The molecule has 0 aromatic heterocycles. The average molecular weight is 198 g/mol. The highest BCUT2D eigenvalue weighted by molar-refractivity contribution is 5.81. The largest absolute Gasteiger partial charge is 0.299 e. The Morgan fingerprint density at radius 1 is 1.14 bits per heavy atom. The summed E-state index contributed by atoms with van der Waals surface area (Å²) in [6.45, 7) is 13.0. The van der Waals surface area contributed by atoms with Crippen molar-refractivity contribution < 1.29 is 4.79 Å². The summed E-state index contributed by atoms with van der Waals surface area (Å²) in [4.78, 5) is 11.9. The minimum absolute atomic E-state index is 0.252. The molecule has 0 spiro atoms. The third-order valence-corrected chi connectivity index (χ3v) is 3.43. The van der Waals surface area contributed by atoms with Crippen molar-refractivity contribution in [3.63, 3.8) is 0 Å². The van der Waals surface area contributed by atoms with Gasteiger partial charge in [0, 0.05) is 12.3 Å². The van der Waals surface area contributed by atoms with E-state index in [1.54, 1.807) is 0 Å². The number of carbonyl (C=O) groups is 1. The van der Waals surface area contributed by atoms with Crippen LogP contribution in [0.15, 0.2) is 0 Å². The average Bonchev–Trinajstić information content (AvgIpc) is 2.04. The molecule has 84 valence electrons. The lowest BCUT2D eigenvalue weighted by Crippen LogP contribution is -2.23.